The van der Waals surface area contributed by atoms with Crippen molar-refractivity contribution in [3.8, 4) is 0 Å². The average molecular weight is 354 g/mol. The highest BCUT2D eigenvalue weighted by atomic mass is 16.5. The number of aromatic amines is 1. The first-order chi connectivity index (χ1) is 12.4. The number of aryl methyl sites for hydroxylation is 1. The number of nitrogens with one attached hydrogen (secondary N) is 1. The lowest BCUT2D eigenvalue weighted by Crippen LogP contribution is -2.36. The van der Waals surface area contributed by atoms with Gasteiger partial charge in [-0.2, -0.15) is 0 Å². The van der Waals surface area contributed by atoms with Gasteiger partial charge in [0.25, 0.3) is 5.91 Å². The molecule has 0 atom stereocenters. The van der Waals surface area contributed by atoms with E-state index in [4.69, 9.17) is 4.74 Å². The number of aromatic nitrogens is 1. The molecule has 0 unspecified atom stereocenters. The molecule has 0 spiro atoms. The Bertz CT molecular complexity index is 837. The molecular formula is C20H22N2O4. The van der Waals surface area contributed by atoms with Crippen LogP contribution in [0.1, 0.15) is 42.5 Å². The second kappa shape index (κ2) is 8.29. The molecule has 0 saturated carbocycles. The molecule has 26 heavy (non-hydrogen) atoms. The highest BCUT2D eigenvalue weighted by molar-refractivity contribution is 6.05. The van der Waals surface area contributed by atoms with E-state index in [9.17, 15) is 14.4 Å². The molecule has 1 N–H and O–H groups in total. The normalized spacial score (nSPS) is 10.3. The Labute approximate surface area is 152 Å². The first kappa shape index (κ1) is 19.2. The Kier molecular flexibility index (Phi) is 6.11. The van der Waals surface area contributed by atoms with Gasteiger partial charge in [0.15, 0.2) is 5.78 Å². The minimum absolute atomic E-state index is 0.111. The summed E-state index contributed by atoms with van der Waals surface area (Å²) in [6.07, 6.45) is 1.57. The van der Waals surface area contributed by atoms with Gasteiger partial charge in [-0.1, -0.05) is 24.3 Å². The van der Waals surface area contributed by atoms with Crippen molar-refractivity contribution in [1.82, 2.24) is 9.88 Å². The fraction of sp³-hybridized carbons (Fsp3) is 0.250. The molecule has 1 amide bonds. The maximum Gasteiger partial charge on any atom is 0.354 e. The van der Waals surface area contributed by atoms with Crippen molar-refractivity contribution in [2.75, 3.05) is 20.2 Å². The third kappa shape index (κ3) is 3.91. The maximum absolute atomic E-state index is 12.8. The van der Waals surface area contributed by atoms with Crippen molar-refractivity contribution in [2.24, 2.45) is 0 Å². The molecule has 0 fully saturated rings. The minimum Gasteiger partial charge on any atom is -0.464 e. The lowest BCUT2D eigenvalue weighted by atomic mass is 10.0. The molecule has 6 nitrogen and oxygen atoms in total. The van der Waals surface area contributed by atoms with E-state index in [0.29, 0.717) is 22.4 Å². The first-order valence-corrected chi connectivity index (χ1v) is 8.16. The van der Waals surface area contributed by atoms with E-state index >= 15 is 0 Å². The minimum atomic E-state index is -0.534. The van der Waals surface area contributed by atoms with Gasteiger partial charge in [-0.15, -0.1) is 6.58 Å². The topological polar surface area (TPSA) is 79.5 Å². The number of H-pyrrole nitrogens is 1. The van der Waals surface area contributed by atoms with Crippen molar-refractivity contribution in [2.45, 2.75) is 13.8 Å². The predicted octanol–water partition coefficient (Wildman–Crippen LogP) is 2.93. The number of methoxy groups -OCH3 is 1. The number of carbonyl (C=O) groups excluding carboxylic acids is 3. The molecule has 0 radical (unpaired) electrons. The number of hydrogen-bond donors (Lipinski definition) is 1. The molecule has 0 aliphatic heterocycles. The van der Waals surface area contributed by atoms with Gasteiger partial charge in [0.1, 0.15) is 5.69 Å². The number of esters is 1. The van der Waals surface area contributed by atoms with Gasteiger partial charge in [0.05, 0.1) is 13.7 Å². The molecule has 2 rings (SSSR count). The number of ether oxygens (including phenoxy) is 1. The van der Waals surface area contributed by atoms with Crippen molar-refractivity contribution >= 4 is 17.7 Å². The van der Waals surface area contributed by atoms with Gasteiger partial charge in [-0.3, -0.25) is 9.59 Å². The fourth-order valence-corrected chi connectivity index (χ4v) is 2.87. The van der Waals surface area contributed by atoms with Crippen molar-refractivity contribution < 1.29 is 19.1 Å². The van der Waals surface area contributed by atoms with Gasteiger partial charge < -0.3 is 14.6 Å². The first-order valence-electron chi connectivity index (χ1n) is 8.16. The van der Waals surface area contributed by atoms with E-state index in [-0.39, 0.29) is 30.5 Å². The van der Waals surface area contributed by atoms with Crippen LogP contribution in [0.3, 0.4) is 0 Å². The summed E-state index contributed by atoms with van der Waals surface area (Å²) in [6, 6.07) is 8.76. The standard InChI is InChI=1S/C20H22N2O4/c1-5-11-22(19(24)15-9-7-6-8-10-15)12-16(23)17-13(2)18(20(25)26-4)21-14(17)3/h5-10,21H,1,11-12H2,2-4H3. The van der Waals surface area contributed by atoms with Crippen LogP contribution in [-0.4, -0.2) is 47.7 Å². The zero-order valence-electron chi connectivity index (χ0n) is 15.2. The molecule has 0 bridgehead atoms. The SMILES string of the molecule is C=CCN(CC(=O)c1c(C)[nH]c(C(=O)OC)c1C)C(=O)c1ccccc1. The summed E-state index contributed by atoms with van der Waals surface area (Å²) in [6.45, 7) is 7.18. The summed E-state index contributed by atoms with van der Waals surface area (Å²) in [5, 5.41) is 0. The summed E-state index contributed by atoms with van der Waals surface area (Å²) in [7, 11) is 1.28. The van der Waals surface area contributed by atoms with Crippen LogP contribution in [0.15, 0.2) is 43.0 Å². The van der Waals surface area contributed by atoms with Crippen LogP contribution in [0.25, 0.3) is 0 Å². The Hall–Kier alpha value is -3.15. The summed E-state index contributed by atoms with van der Waals surface area (Å²) in [5.41, 5.74) is 2.24. The largest absolute Gasteiger partial charge is 0.464 e. The molecule has 1 aromatic heterocycles. The second-order valence-corrected chi connectivity index (χ2v) is 5.88. The van der Waals surface area contributed by atoms with Gasteiger partial charge in [-0.05, 0) is 31.5 Å². The van der Waals surface area contributed by atoms with Crippen LogP contribution < -0.4 is 0 Å². The van der Waals surface area contributed by atoms with Crippen molar-refractivity contribution in [3.05, 3.63) is 71.1 Å². The molecule has 6 heteroatoms. The van der Waals surface area contributed by atoms with Crippen LogP contribution in [0.4, 0.5) is 0 Å². The van der Waals surface area contributed by atoms with Crippen molar-refractivity contribution in [3.63, 3.8) is 0 Å². The number of hydrogen-bond acceptors (Lipinski definition) is 4. The number of Topliss-reactive ketones (excluding diaryl/α,β-unsaturated/α-hetero) is 1. The Morgan fingerprint density at radius 1 is 1.19 bits per heavy atom. The molecule has 0 aliphatic carbocycles. The number of rotatable bonds is 7. The van der Waals surface area contributed by atoms with Gasteiger partial charge in [0, 0.05) is 23.4 Å². The van der Waals surface area contributed by atoms with Gasteiger partial charge in [0.2, 0.25) is 0 Å². The van der Waals surface area contributed by atoms with Crippen LogP contribution in [-0.2, 0) is 4.74 Å². The zero-order chi connectivity index (χ0) is 19.3. The lowest BCUT2D eigenvalue weighted by Gasteiger charge is -2.20. The number of carbonyl (C=O) groups is 3. The molecule has 0 saturated heterocycles. The molecular weight excluding hydrogens is 332 g/mol. The van der Waals surface area contributed by atoms with Crippen LogP contribution in [0, 0.1) is 13.8 Å². The summed E-state index contributed by atoms with van der Waals surface area (Å²) in [4.78, 5) is 41.6. The van der Waals surface area contributed by atoms with E-state index in [1.54, 1.807) is 44.2 Å². The summed E-state index contributed by atoms with van der Waals surface area (Å²) in [5.74, 6) is -1.04. The highest BCUT2D eigenvalue weighted by Crippen LogP contribution is 2.20. The van der Waals surface area contributed by atoms with E-state index in [1.807, 2.05) is 6.07 Å². The number of nitrogens with zero attached hydrogens (tertiary/aromatic N) is 1. The average Bonchev–Trinajstić information content (AvgIpc) is 2.95. The Morgan fingerprint density at radius 3 is 2.42 bits per heavy atom. The Morgan fingerprint density at radius 2 is 1.85 bits per heavy atom. The highest BCUT2D eigenvalue weighted by Gasteiger charge is 2.25. The maximum atomic E-state index is 12.8. The molecule has 2 aromatic rings. The van der Waals surface area contributed by atoms with Crippen molar-refractivity contribution in [1.29, 1.82) is 0 Å². The smallest absolute Gasteiger partial charge is 0.354 e. The van der Waals surface area contributed by atoms with Crippen LogP contribution >= 0.6 is 0 Å². The summed E-state index contributed by atoms with van der Waals surface area (Å²) >= 11 is 0. The molecule has 1 aromatic carbocycles. The van der Waals surface area contributed by atoms with Gasteiger partial charge >= 0.3 is 5.97 Å². The fourth-order valence-electron chi connectivity index (χ4n) is 2.87. The number of benzene rings is 1. The van der Waals surface area contributed by atoms with Crippen LogP contribution in [0.5, 0.6) is 0 Å². The molecule has 136 valence electrons. The second-order valence-electron chi connectivity index (χ2n) is 5.88. The van der Waals surface area contributed by atoms with Gasteiger partial charge in [-0.25, -0.2) is 4.79 Å². The van der Waals surface area contributed by atoms with E-state index in [1.165, 1.54) is 12.0 Å². The third-order valence-electron chi connectivity index (χ3n) is 4.10. The van der Waals surface area contributed by atoms with E-state index in [2.05, 4.69) is 11.6 Å². The van der Waals surface area contributed by atoms with E-state index in [0.717, 1.165) is 0 Å². The quantitative estimate of drug-likeness (QED) is 0.471. The third-order valence-corrected chi connectivity index (χ3v) is 4.10. The van der Waals surface area contributed by atoms with Crippen LogP contribution in [0.2, 0.25) is 0 Å². The lowest BCUT2D eigenvalue weighted by molar-refractivity contribution is 0.0593. The van der Waals surface area contributed by atoms with E-state index < -0.39 is 5.97 Å². The predicted molar refractivity (Wildman–Crippen MR) is 98.5 cm³/mol. The monoisotopic (exact) mass is 354 g/mol. The summed E-state index contributed by atoms with van der Waals surface area (Å²) < 4.78 is 4.72. The number of amides is 1. The number of ketones is 1. The molecule has 0 aliphatic rings. The zero-order valence-corrected chi connectivity index (χ0v) is 15.2. The molecule has 1 heterocycles. The Balaban J connectivity index is 2.28.